The summed E-state index contributed by atoms with van der Waals surface area (Å²) in [6, 6.07) is -0.612. The summed E-state index contributed by atoms with van der Waals surface area (Å²) in [7, 11) is 0. The first-order valence-electron chi connectivity index (χ1n) is 5.95. The number of nitro benzene ring substituents is 1. The minimum Gasteiger partial charge on any atom is -0.480 e. The molecule has 0 saturated carbocycles. The summed E-state index contributed by atoms with van der Waals surface area (Å²) in [5, 5.41) is 21.5. The van der Waals surface area contributed by atoms with Gasteiger partial charge in [-0.25, -0.2) is 9.18 Å². The topological polar surface area (TPSA) is 110 Å². The van der Waals surface area contributed by atoms with Crippen molar-refractivity contribution in [3.8, 4) is 0 Å². The summed E-state index contributed by atoms with van der Waals surface area (Å²) < 4.78 is 26.7. The van der Waals surface area contributed by atoms with Gasteiger partial charge < -0.3 is 10.4 Å². The summed E-state index contributed by atoms with van der Waals surface area (Å²) in [5.74, 6) is -5.20. The third kappa shape index (κ3) is 3.94. The van der Waals surface area contributed by atoms with E-state index in [-0.39, 0.29) is 12.5 Å². The minimum absolute atomic E-state index is 0.103. The molecule has 0 saturated heterocycles. The molecular formula is C12H12F2N2O5. The van der Waals surface area contributed by atoms with Crippen LogP contribution in [0.15, 0.2) is 12.1 Å². The Balaban J connectivity index is 3.09. The third-order valence-electron chi connectivity index (χ3n) is 2.66. The highest BCUT2D eigenvalue weighted by atomic mass is 19.1. The molecule has 1 aromatic carbocycles. The zero-order valence-corrected chi connectivity index (χ0v) is 10.9. The first-order chi connectivity index (χ1) is 9.77. The maximum atomic E-state index is 13.5. The first-order valence-corrected chi connectivity index (χ1v) is 5.95. The SMILES string of the molecule is CCC[C@H](NC(=O)c1cc([N+](=O)[O-])c(F)cc1F)C(=O)O. The minimum atomic E-state index is -1.42. The standard InChI is InChI=1S/C12H12F2N2O5/c1-2-3-9(12(18)19)15-11(17)6-4-10(16(20)21)8(14)5-7(6)13/h4-5,9H,2-3H2,1H3,(H,15,17)(H,18,19)/t9-/m0/s1. The van der Waals surface area contributed by atoms with E-state index in [0.29, 0.717) is 12.5 Å². The second kappa shape index (κ2) is 6.73. The summed E-state index contributed by atoms with van der Waals surface area (Å²) >= 11 is 0. The molecule has 1 amide bonds. The molecule has 1 aromatic rings. The highest BCUT2D eigenvalue weighted by Crippen LogP contribution is 2.21. The molecule has 21 heavy (non-hydrogen) atoms. The van der Waals surface area contributed by atoms with Gasteiger partial charge in [0.25, 0.3) is 5.91 Å². The van der Waals surface area contributed by atoms with Gasteiger partial charge in [0.1, 0.15) is 11.9 Å². The van der Waals surface area contributed by atoms with Crippen LogP contribution in [0.25, 0.3) is 0 Å². The van der Waals surface area contributed by atoms with Gasteiger partial charge in [-0.05, 0) is 6.42 Å². The van der Waals surface area contributed by atoms with Crippen LogP contribution in [-0.2, 0) is 4.79 Å². The summed E-state index contributed by atoms with van der Waals surface area (Å²) in [4.78, 5) is 32.1. The van der Waals surface area contributed by atoms with Crippen LogP contribution in [0.4, 0.5) is 14.5 Å². The number of carboxylic acids is 1. The van der Waals surface area contributed by atoms with E-state index in [1.807, 2.05) is 5.32 Å². The van der Waals surface area contributed by atoms with E-state index in [1.165, 1.54) is 0 Å². The first kappa shape index (κ1) is 16.5. The zero-order chi connectivity index (χ0) is 16.2. The molecule has 1 rings (SSSR count). The number of nitrogens with zero attached hydrogens (tertiary/aromatic N) is 1. The molecular weight excluding hydrogens is 290 g/mol. The van der Waals surface area contributed by atoms with Crippen molar-refractivity contribution in [2.45, 2.75) is 25.8 Å². The molecule has 2 N–H and O–H groups in total. The molecule has 0 radical (unpaired) electrons. The molecule has 7 nitrogen and oxygen atoms in total. The average molecular weight is 302 g/mol. The highest BCUT2D eigenvalue weighted by Gasteiger charge is 2.25. The monoisotopic (exact) mass is 302 g/mol. The Morgan fingerprint density at radius 3 is 2.48 bits per heavy atom. The van der Waals surface area contributed by atoms with Crippen molar-refractivity contribution in [1.29, 1.82) is 0 Å². The fourth-order valence-electron chi connectivity index (χ4n) is 1.63. The van der Waals surface area contributed by atoms with Crippen molar-refractivity contribution < 1.29 is 28.4 Å². The molecule has 0 unspecified atom stereocenters. The Morgan fingerprint density at radius 1 is 1.38 bits per heavy atom. The van der Waals surface area contributed by atoms with E-state index < -0.39 is 45.7 Å². The number of rotatable bonds is 6. The summed E-state index contributed by atoms with van der Waals surface area (Å²) in [6.07, 6.45) is 0.551. The number of carbonyl (C=O) groups is 2. The molecule has 0 bridgehead atoms. The Labute approximate surface area is 117 Å². The second-order valence-corrected chi connectivity index (χ2v) is 4.19. The molecule has 114 valence electrons. The van der Waals surface area contributed by atoms with Gasteiger partial charge in [0.05, 0.1) is 10.5 Å². The van der Waals surface area contributed by atoms with Crippen LogP contribution in [-0.4, -0.2) is 27.9 Å². The lowest BCUT2D eigenvalue weighted by atomic mass is 10.1. The number of carbonyl (C=O) groups excluding carboxylic acids is 1. The third-order valence-corrected chi connectivity index (χ3v) is 2.66. The lowest BCUT2D eigenvalue weighted by Gasteiger charge is -2.13. The predicted octanol–water partition coefficient (Wildman–Crippen LogP) is 1.86. The van der Waals surface area contributed by atoms with Gasteiger partial charge in [0.2, 0.25) is 5.82 Å². The van der Waals surface area contributed by atoms with Crippen LogP contribution in [0.1, 0.15) is 30.1 Å². The van der Waals surface area contributed by atoms with E-state index in [2.05, 4.69) is 0 Å². The lowest BCUT2D eigenvalue weighted by molar-refractivity contribution is -0.387. The fraction of sp³-hybridized carbons (Fsp3) is 0.333. The molecule has 0 aromatic heterocycles. The van der Waals surface area contributed by atoms with Crippen molar-refractivity contribution >= 4 is 17.6 Å². The van der Waals surface area contributed by atoms with Crippen molar-refractivity contribution in [3.63, 3.8) is 0 Å². The number of aliphatic carboxylic acids is 1. The van der Waals surface area contributed by atoms with Gasteiger partial charge in [0, 0.05) is 12.1 Å². The molecule has 0 aliphatic carbocycles. The van der Waals surface area contributed by atoms with E-state index >= 15 is 0 Å². The number of benzene rings is 1. The van der Waals surface area contributed by atoms with Crippen LogP contribution in [0.5, 0.6) is 0 Å². The fourth-order valence-corrected chi connectivity index (χ4v) is 1.63. The zero-order valence-electron chi connectivity index (χ0n) is 10.9. The van der Waals surface area contributed by atoms with Gasteiger partial charge in [-0.15, -0.1) is 0 Å². The number of amides is 1. The van der Waals surface area contributed by atoms with Gasteiger partial charge in [-0.1, -0.05) is 13.3 Å². The maximum Gasteiger partial charge on any atom is 0.326 e. The van der Waals surface area contributed by atoms with E-state index in [9.17, 15) is 28.5 Å². The average Bonchev–Trinajstić information content (AvgIpc) is 2.37. The van der Waals surface area contributed by atoms with E-state index in [0.717, 1.165) is 0 Å². The molecule has 0 aliphatic heterocycles. The number of hydrogen-bond donors (Lipinski definition) is 2. The molecule has 0 aliphatic rings. The van der Waals surface area contributed by atoms with Crippen molar-refractivity contribution in [2.24, 2.45) is 0 Å². The molecule has 9 heteroatoms. The van der Waals surface area contributed by atoms with Crippen LogP contribution in [0.2, 0.25) is 0 Å². The van der Waals surface area contributed by atoms with Crippen LogP contribution < -0.4 is 5.32 Å². The Kier molecular flexibility index (Phi) is 5.28. The van der Waals surface area contributed by atoms with Crippen molar-refractivity contribution in [1.82, 2.24) is 5.32 Å². The Morgan fingerprint density at radius 2 is 2.00 bits per heavy atom. The van der Waals surface area contributed by atoms with E-state index in [1.54, 1.807) is 6.92 Å². The normalized spacial score (nSPS) is 11.8. The van der Waals surface area contributed by atoms with Crippen LogP contribution in [0, 0.1) is 21.7 Å². The molecule has 0 spiro atoms. The molecule has 0 fully saturated rings. The van der Waals surface area contributed by atoms with E-state index in [4.69, 9.17) is 5.11 Å². The van der Waals surface area contributed by atoms with Crippen LogP contribution >= 0.6 is 0 Å². The van der Waals surface area contributed by atoms with Gasteiger partial charge in [-0.3, -0.25) is 14.9 Å². The maximum absolute atomic E-state index is 13.5. The predicted molar refractivity (Wildman–Crippen MR) is 66.8 cm³/mol. The van der Waals surface area contributed by atoms with Crippen molar-refractivity contribution in [2.75, 3.05) is 0 Å². The van der Waals surface area contributed by atoms with Gasteiger partial charge in [-0.2, -0.15) is 4.39 Å². The molecule has 1 atom stereocenters. The summed E-state index contributed by atoms with van der Waals surface area (Å²) in [6.45, 7) is 1.69. The van der Waals surface area contributed by atoms with Gasteiger partial charge in [0.15, 0.2) is 0 Å². The lowest BCUT2D eigenvalue weighted by Crippen LogP contribution is -2.41. The quantitative estimate of drug-likeness (QED) is 0.615. The number of carboxylic acid groups (broad SMARTS) is 1. The van der Waals surface area contributed by atoms with Crippen molar-refractivity contribution in [3.05, 3.63) is 39.4 Å². The van der Waals surface area contributed by atoms with Gasteiger partial charge >= 0.3 is 11.7 Å². The largest absolute Gasteiger partial charge is 0.480 e. The second-order valence-electron chi connectivity index (χ2n) is 4.19. The molecule has 0 heterocycles. The Bertz CT molecular complexity index is 591. The Hall–Kier alpha value is -2.58. The van der Waals surface area contributed by atoms with Crippen LogP contribution in [0.3, 0.4) is 0 Å². The number of nitrogens with one attached hydrogen (secondary N) is 1. The number of hydrogen-bond acceptors (Lipinski definition) is 4. The smallest absolute Gasteiger partial charge is 0.326 e. The summed E-state index contributed by atoms with van der Waals surface area (Å²) in [5.41, 5.74) is -1.85. The number of nitro groups is 1. The number of halogens is 2. The highest BCUT2D eigenvalue weighted by molar-refractivity contribution is 5.97.